The van der Waals surface area contributed by atoms with E-state index >= 15 is 0 Å². The van der Waals surface area contributed by atoms with Gasteiger partial charge in [0, 0.05) is 19.4 Å². The molecule has 0 amide bonds. The number of carbonyl (C=O) groups excluding carboxylic acids is 2. The van der Waals surface area contributed by atoms with Gasteiger partial charge in [-0.05, 0) is 135 Å². The molecule has 0 fully saturated rings. The Balaban J connectivity index is 4.42. The minimum absolute atomic E-state index is 0.0428. The van der Waals surface area contributed by atoms with E-state index in [2.05, 4.69) is 154 Å². The van der Waals surface area contributed by atoms with E-state index in [4.69, 9.17) is 14.2 Å². The molecular weight excluding hydrogens is 837 g/mol. The molecule has 0 aliphatic carbocycles. The molecule has 0 N–H and O–H groups in total. The third kappa shape index (κ3) is 54.6. The van der Waals surface area contributed by atoms with Crippen molar-refractivity contribution in [1.82, 2.24) is 0 Å². The van der Waals surface area contributed by atoms with Crippen LogP contribution in [0.1, 0.15) is 226 Å². The summed E-state index contributed by atoms with van der Waals surface area (Å²) in [5.74, 6) is -0.486. The van der Waals surface area contributed by atoms with E-state index in [0.29, 0.717) is 19.4 Å². The van der Waals surface area contributed by atoms with Crippen LogP contribution in [0.25, 0.3) is 0 Å². The summed E-state index contributed by atoms with van der Waals surface area (Å²) in [7, 11) is 0. The number of ether oxygens (including phenoxy) is 3. The lowest BCUT2D eigenvalue weighted by Crippen LogP contribution is -2.30. The Morgan fingerprint density at radius 2 is 0.662 bits per heavy atom. The summed E-state index contributed by atoms with van der Waals surface area (Å²) in [5, 5.41) is 0. The Bertz CT molecular complexity index is 1430. The van der Waals surface area contributed by atoms with Crippen molar-refractivity contribution < 1.29 is 23.8 Å². The normalized spacial score (nSPS) is 13.3. The first kappa shape index (κ1) is 64.0. The molecular formula is C63H102O5. The maximum atomic E-state index is 12.8. The molecule has 0 saturated carbocycles. The van der Waals surface area contributed by atoms with Gasteiger partial charge >= 0.3 is 11.9 Å². The predicted molar refractivity (Wildman–Crippen MR) is 297 cm³/mol. The third-order valence-corrected chi connectivity index (χ3v) is 11.2. The van der Waals surface area contributed by atoms with E-state index in [1.807, 2.05) is 0 Å². The summed E-state index contributed by atoms with van der Waals surface area (Å²) in [4.78, 5) is 25.5. The molecule has 0 bridgehead atoms. The van der Waals surface area contributed by atoms with Crippen LogP contribution in [0.2, 0.25) is 0 Å². The van der Waals surface area contributed by atoms with Crippen LogP contribution in [-0.2, 0) is 23.8 Å². The summed E-state index contributed by atoms with van der Waals surface area (Å²) >= 11 is 0. The fourth-order valence-electron chi connectivity index (χ4n) is 7.09. The van der Waals surface area contributed by atoms with Crippen molar-refractivity contribution in [2.45, 2.75) is 232 Å². The monoisotopic (exact) mass is 939 g/mol. The van der Waals surface area contributed by atoms with E-state index in [-0.39, 0.29) is 25.2 Å². The van der Waals surface area contributed by atoms with Gasteiger partial charge in [-0.15, -0.1) is 0 Å². The van der Waals surface area contributed by atoms with Crippen LogP contribution in [0.5, 0.6) is 0 Å². The van der Waals surface area contributed by atoms with Crippen molar-refractivity contribution in [2.75, 3.05) is 19.8 Å². The molecule has 0 heterocycles. The largest absolute Gasteiger partial charge is 0.462 e. The first-order chi connectivity index (χ1) is 33.6. The van der Waals surface area contributed by atoms with E-state index < -0.39 is 6.10 Å². The highest BCUT2D eigenvalue weighted by Crippen LogP contribution is 2.12. The second kappa shape index (κ2) is 57.4. The van der Waals surface area contributed by atoms with Gasteiger partial charge in [0.05, 0.1) is 6.61 Å². The van der Waals surface area contributed by atoms with Gasteiger partial charge in [0.2, 0.25) is 0 Å². The maximum absolute atomic E-state index is 12.8. The molecule has 384 valence electrons. The number of esters is 2. The Hall–Kier alpha value is -3.96. The number of unbranched alkanes of at least 4 members (excludes halogenated alkanes) is 16. The van der Waals surface area contributed by atoms with Crippen LogP contribution in [0, 0.1) is 0 Å². The number of hydrogen-bond acceptors (Lipinski definition) is 5. The van der Waals surface area contributed by atoms with E-state index in [0.717, 1.165) is 128 Å². The lowest BCUT2D eigenvalue weighted by molar-refractivity contribution is -0.163. The van der Waals surface area contributed by atoms with E-state index in [1.165, 1.54) is 64.2 Å². The van der Waals surface area contributed by atoms with Gasteiger partial charge in [0.15, 0.2) is 6.10 Å². The lowest BCUT2D eigenvalue weighted by atomic mass is 10.1. The Morgan fingerprint density at radius 3 is 1.09 bits per heavy atom. The molecule has 0 aliphatic heterocycles. The molecule has 5 nitrogen and oxygen atoms in total. The smallest absolute Gasteiger partial charge is 0.306 e. The van der Waals surface area contributed by atoms with Crippen molar-refractivity contribution in [3.8, 4) is 0 Å². The summed E-state index contributed by atoms with van der Waals surface area (Å²) in [6.45, 7) is 7.47. The van der Waals surface area contributed by atoms with Gasteiger partial charge in [-0.25, -0.2) is 0 Å². The average molecular weight is 940 g/mol. The van der Waals surface area contributed by atoms with Crippen molar-refractivity contribution >= 4 is 11.9 Å². The number of carbonyl (C=O) groups is 2. The minimum Gasteiger partial charge on any atom is -0.462 e. The van der Waals surface area contributed by atoms with Crippen LogP contribution < -0.4 is 0 Å². The fourth-order valence-corrected chi connectivity index (χ4v) is 7.09. The molecule has 0 aliphatic rings. The molecule has 0 radical (unpaired) electrons. The Morgan fingerprint density at radius 1 is 0.338 bits per heavy atom. The standard InChI is InChI=1S/C63H102O5/c1-4-7-10-13-16-19-22-25-28-30-31-32-34-37-40-43-46-49-52-55-58-66-59-61(68-63(65)57-54-51-48-45-42-39-35-27-24-21-18-15-12-9-6-3)60-67-62(64)56-53-50-47-44-41-38-36-33-29-26-23-20-17-14-11-8-5-2/h8-9,11-12,16-21,25-29,31-32,35-36,38,42,45,61H,4-7,10,13-15,22-24,30,33-34,37,39-41,43-44,46-60H2,1-3H3/b11-8-,12-9-,19-16-,20-17-,21-18-,28-25-,29-26-,32-31-,35-27-,38-36-,45-42-. The first-order valence-corrected chi connectivity index (χ1v) is 27.7. The van der Waals surface area contributed by atoms with Gasteiger partial charge in [0.1, 0.15) is 6.61 Å². The number of allylic oxidation sites excluding steroid dienone is 22. The van der Waals surface area contributed by atoms with E-state index in [9.17, 15) is 9.59 Å². The lowest BCUT2D eigenvalue weighted by Gasteiger charge is -2.18. The summed E-state index contributed by atoms with van der Waals surface area (Å²) < 4.78 is 17.4. The highest BCUT2D eigenvalue weighted by atomic mass is 16.6. The third-order valence-electron chi connectivity index (χ3n) is 11.2. The molecule has 0 aromatic rings. The van der Waals surface area contributed by atoms with Crippen LogP contribution >= 0.6 is 0 Å². The molecule has 0 spiro atoms. The van der Waals surface area contributed by atoms with Gasteiger partial charge in [-0.2, -0.15) is 0 Å². The van der Waals surface area contributed by atoms with Gasteiger partial charge in [-0.1, -0.05) is 212 Å². The van der Waals surface area contributed by atoms with Gasteiger partial charge in [0.25, 0.3) is 0 Å². The van der Waals surface area contributed by atoms with Gasteiger partial charge in [-0.3, -0.25) is 9.59 Å². The zero-order valence-electron chi connectivity index (χ0n) is 44.1. The second-order valence-electron chi connectivity index (χ2n) is 17.7. The zero-order chi connectivity index (χ0) is 49.2. The molecule has 0 aromatic heterocycles. The molecule has 0 saturated heterocycles. The molecule has 0 aromatic carbocycles. The van der Waals surface area contributed by atoms with Crippen molar-refractivity contribution in [3.63, 3.8) is 0 Å². The SMILES string of the molecule is CC/C=C\C/C=C\C/C=C\C/C=C\CCCCCCC(=O)OCC(COCCCCCCCCC/C=C\C/C=C\C/C=C\CCCCC)OC(=O)CCCC/C=C\C/C=C\C/C=C\C/C=C\CC. The average Bonchev–Trinajstić information content (AvgIpc) is 3.34. The minimum atomic E-state index is -0.584. The topological polar surface area (TPSA) is 61.8 Å². The van der Waals surface area contributed by atoms with Crippen LogP contribution in [-0.4, -0.2) is 37.9 Å². The molecule has 68 heavy (non-hydrogen) atoms. The quantitative estimate of drug-likeness (QED) is 0.0345. The first-order valence-electron chi connectivity index (χ1n) is 27.7. The maximum Gasteiger partial charge on any atom is 0.306 e. The summed E-state index contributed by atoms with van der Waals surface area (Å²) in [6.07, 6.45) is 81.8. The Labute approximate surface area is 419 Å². The second-order valence-corrected chi connectivity index (χ2v) is 17.7. The van der Waals surface area contributed by atoms with Crippen molar-refractivity contribution in [1.29, 1.82) is 0 Å². The molecule has 1 unspecified atom stereocenters. The van der Waals surface area contributed by atoms with Crippen LogP contribution in [0.4, 0.5) is 0 Å². The molecule has 1 atom stereocenters. The van der Waals surface area contributed by atoms with Gasteiger partial charge < -0.3 is 14.2 Å². The van der Waals surface area contributed by atoms with Crippen LogP contribution in [0.15, 0.2) is 134 Å². The van der Waals surface area contributed by atoms with Crippen molar-refractivity contribution in [2.24, 2.45) is 0 Å². The number of hydrogen-bond donors (Lipinski definition) is 0. The molecule has 0 rings (SSSR count). The Kier molecular flexibility index (Phi) is 54.0. The number of rotatable bonds is 49. The summed E-state index contributed by atoms with van der Waals surface area (Å²) in [6, 6.07) is 0. The highest BCUT2D eigenvalue weighted by Gasteiger charge is 2.17. The van der Waals surface area contributed by atoms with E-state index in [1.54, 1.807) is 0 Å². The predicted octanol–water partition coefficient (Wildman–Crippen LogP) is 19.1. The highest BCUT2D eigenvalue weighted by molar-refractivity contribution is 5.70. The summed E-state index contributed by atoms with van der Waals surface area (Å²) in [5.41, 5.74) is 0. The zero-order valence-corrected chi connectivity index (χ0v) is 44.1. The van der Waals surface area contributed by atoms with Crippen LogP contribution in [0.3, 0.4) is 0 Å². The van der Waals surface area contributed by atoms with Crippen molar-refractivity contribution in [3.05, 3.63) is 134 Å². The molecule has 5 heteroatoms. The fraction of sp³-hybridized carbons (Fsp3) is 0.619.